The van der Waals surface area contributed by atoms with Crippen molar-refractivity contribution in [1.82, 2.24) is 5.32 Å². The number of hydrogen-bond donors (Lipinski definition) is 5. The Morgan fingerprint density at radius 1 is 1.33 bits per heavy atom. The highest BCUT2D eigenvalue weighted by Crippen LogP contribution is 2.34. The van der Waals surface area contributed by atoms with Crippen molar-refractivity contribution in [3.8, 4) is 0 Å². The lowest BCUT2D eigenvalue weighted by atomic mass is 10.3. The zero-order chi connectivity index (χ0) is 11.9. The van der Waals surface area contributed by atoms with E-state index in [9.17, 15) is 9.36 Å². The van der Waals surface area contributed by atoms with Gasteiger partial charge in [-0.2, -0.15) is 0 Å². The van der Waals surface area contributed by atoms with Crippen molar-refractivity contribution in [1.29, 1.82) is 0 Å². The largest absolute Gasteiger partial charge is 0.413 e. The number of nitrogens with one attached hydrogen (secondary N) is 1. The van der Waals surface area contributed by atoms with Crippen LogP contribution in [-0.2, 0) is 4.57 Å². The van der Waals surface area contributed by atoms with Gasteiger partial charge in [0.25, 0.3) is 0 Å². The molecule has 0 aromatic rings. The highest BCUT2D eigenvalue weighted by molar-refractivity contribution is 7.69. The van der Waals surface area contributed by atoms with E-state index < -0.39 is 13.2 Å². The number of carbonyl (C=O) groups is 1. The number of amides is 1. The first kappa shape index (κ1) is 13.9. The van der Waals surface area contributed by atoms with Gasteiger partial charge in [0.05, 0.1) is 0 Å². The van der Waals surface area contributed by atoms with Crippen LogP contribution in [0.3, 0.4) is 0 Å². The summed E-state index contributed by atoms with van der Waals surface area (Å²) in [6, 6.07) is 0. The van der Waals surface area contributed by atoms with Gasteiger partial charge in [0.2, 0.25) is 0 Å². The van der Waals surface area contributed by atoms with Crippen molar-refractivity contribution in [2.45, 2.75) is 12.8 Å². The topological polar surface area (TPSA) is 151 Å². The number of unbranched alkanes of at least 4 members (excludes halogenated alkanes) is 1. The number of rotatable bonds is 6. The minimum Gasteiger partial charge on any atom is -0.370 e. The third kappa shape index (κ3) is 7.92. The van der Waals surface area contributed by atoms with Crippen LogP contribution in [0.15, 0.2) is 4.99 Å². The first-order chi connectivity index (χ1) is 6.84. The molecule has 8 nitrogen and oxygen atoms in total. The van der Waals surface area contributed by atoms with Crippen LogP contribution in [0.1, 0.15) is 12.8 Å². The van der Waals surface area contributed by atoms with Crippen LogP contribution in [0.4, 0.5) is 4.79 Å². The molecule has 0 saturated heterocycles. The maximum Gasteiger partial charge on any atom is 0.413 e. The van der Waals surface area contributed by atoms with E-state index in [0.29, 0.717) is 19.4 Å². The Bertz CT molecular complexity index is 283. The molecule has 0 fully saturated rings. The fourth-order valence-electron chi connectivity index (χ4n) is 0.743. The van der Waals surface area contributed by atoms with E-state index in [1.54, 1.807) is 0 Å². The third-order valence-electron chi connectivity index (χ3n) is 1.42. The summed E-state index contributed by atoms with van der Waals surface area (Å²) in [4.78, 5) is 31.2. The second-order valence-corrected chi connectivity index (χ2v) is 4.28. The fraction of sp³-hybridized carbons (Fsp3) is 0.667. The lowest BCUT2D eigenvalue weighted by Gasteiger charge is -2.04. The number of guanidine groups is 1. The molecule has 88 valence electrons. The van der Waals surface area contributed by atoms with Gasteiger partial charge in [-0.3, -0.25) is 9.79 Å². The average molecular weight is 238 g/mol. The average Bonchev–Trinajstić information content (AvgIpc) is 2.08. The van der Waals surface area contributed by atoms with Crippen molar-refractivity contribution in [2.75, 3.05) is 13.1 Å². The normalized spacial score (nSPS) is 10.8. The fourth-order valence-corrected chi connectivity index (χ4v) is 1.06. The molecule has 7 N–H and O–H groups in total. The molecule has 0 rings (SSSR count). The van der Waals surface area contributed by atoms with Gasteiger partial charge < -0.3 is 26.6 Å². The summed E-state index contributed by atoms with van der Waals surface area (Å²) < 4.78 is 10.4. The molecule has 0 radical (unpaired) electrons. The van der Waals surface area contributed by atoms with Crippen LogP contribution < -0.4 is 16.8 Å². The van der Waals surface area contributed by atoms with Crippen LogP contribution in [0, 0.1) is 0 Å². The quantitative estimate of drug-likeness (QED) is 0.172. The summed E-state index contributed by atoms with van der Waals surface area (Å²) in [5.41, 5.74) is 8.88. The molecule has 0 heterocycles. The van der Waals surface area contributed by atoms with Crippen molar-refractivity contribution in [3.05, 3.63) is 0 Å². The zero-order valence-electron chi connectivity index (χ0n) is 8.09. The highest BCUT2D eigenvalue weighted by Gasteiger charge is 2.24. The van der Waals surface area contributed by atoms with Gasteiger partial charge in [-0.15, -0.1) is 0 Å². The summed E-state index contributed by atoms with van der Waals surface area (Å²) in [6.07, 6.45) is 1.17. The van der Waals surface area contributed by atoms with Gasteiger partial charge in [0.15, 0.2) is 5.96 Å². The third-order valence-corrected chi connectivity index (χ3v) is 2.11. The van der Waals surface area contributed by atoms with Crippen LogP contribution >= 0.6 is 7.60 Å². The lowest BCUT2D eigenvalue weighted by molar-refractivity contribution is 0.248. The Morgan fingerprint density at radius 3 is 2.40 bits per heavy atom. The molecule has 0 atom stereocenters. The van der Waals surface area contributed by atoms with Gasteiger partial charge >= 0.3 is 13.2 Å². The van der Waals surface area contributed by atoms with Gasteiger partial charge in [0.1, 0.15) is 0 Å². The van der Waals surface area contributed by atoms with Crippen molar-refractivity contribution in [3.63, 3.8) is 0 Å². The van der Waals surface area contributed by atoms with Crippen LogP contribution in [0.25, 0.3) is 0 Å². The van der Waals surface area contributed by atoms with E-state index in [0.717, 1.165) is 0 Å². The maximum absolute atomic E-state index is 10.7. The minimum absolute atomic E-state index is 0.00532. The standard InChI is InChI=1S/C6H15N4O4P/c7-5(8)9-3-1-2-4-10-6(11)15(12,13)14/h1-4H2,(H,10,11)(H4,7,8,9)(H2,12,13,14). The summed E-state index contributed by atoms with van der Waals surface area (Å²) in [7, 11) is -4.65. The zero-order valence-corrected chi connectivity index (χ0v) is 8.98. The molecule has 0 aromatic heterocycles. The number of nitrogens with zero attached hydrogens (tertiary/aromatic N) is 1. The Kier molecular flexibility index (Phi) is 5.92. The van der Waals surface area contributed by atoms with Crippen molar-refractivity contribution >= 4 is 19.2 Å². The molecule has 0 unspecified atom stereocenters. The van der Waals surface area contributed by atoms with E-state index in [1.165, 1.54) is 0 Å². The predicted molar refractivity (Wildman–Crippen MR) is 55.4 cm³/mol. The van der Waals surface area contributed by atoms with Crippen molar-refractivity contribution < 1.29 is 19.1 Å². The second kappa shape index (κ2) is 6.39. The molecule has 0 spiro atoms. The molecule has 0 aliphatic carbocycles. The second-order valence-electron chi connectivity index (χ2n) is 2.79. The van der Waals surface area contributed by atoms with Gasteiger partial charge in [-0.1, -0.05) is 0 Å². The number of aliphatic imine (C=N–C) groups is 1. The molecule has 0 saturated carbocycles. The Morgan fingerprint density at radius 2 is 1.93 bits per heavy atom. The molecular weight excluding hydrogens is 223 g/mol. The van der Waals surface area contributed by atoms with E-state index in [2.05, 4.69) is 10.3 Å². The Balaban J connectivity index is 3.52. The predicted octanol–water partition coefficient (Wildman–Crippen LogP) is -1.07. The molecule has 9 heteroatoms. The highest BCUT2D eigenvalue weighted by atomic mass is 31.2. The van der Waals surface area contributed by atoms with E-state index in [4.69, 9.17) is 21.3 Å². The smallest absolute Gasteiger partial charge is 0.370 e. The summed E-state index contributed by atoms with van der Waals surface area (Å²) in [5.74, 6) is -0.00532. The molecule has 1 amide bonds. The van der Waals surface area contributed by atoms with Crippen LogP contribution in [0.5, 0.6) is 0 Å². The van der Waals surface area contributed by atoms with Gasteiger partial charge in [0, 0.05) is 13.1 Å². The SMILES string of the molecule is NC(N)=NCCCCNC(=O)P(=O)(O)O. The summed E-state index contributed by atoms with van der Waals surface area (Å²) in [5, 5.41) is 2.10. The Hall–Kier alpha value is -1.11. The summed E-state index contributed by atoms with van der Waals surface area (Å²) >= 11 is 0. The van der Waals surface area contributed by atoms with E-state index in [-0.39, 0.29) is 12.5 Å². The number of carbonyl (C=O) groups excluding carboxylic acids is 1. The molecule has 0 bridgehead atoms. The van der Waals surface area contributed by atoms with E-state index in [1.807, 2.05) is 0 Å². The number of nitrogens with two attached hydrogens (primary N) is 2. The molecular formula is C6H15N4O4P. The van der Waals surface area contributed by atoms with Crippen LogP contribution in [-0.4, -0.2) is 34.5 Å². The monoisotopic (exact) mass is 238 g/mol. The van der Waals surface area contributed by atoms with E-state index >= 15 is 0 Å². The first-order valence-corrected chi connectivity index (χ1v) is 5.84. The molecule has 0 aliphatic rings. The summed E-state index contributed by atoms with van der Waals surface area (Å²) in [6.45, 7) is 0.609. The Labute approximate surface area is 86.9 Å². The number of hydrogen-bond acceptors (Lipinski definition) is 3. The van der Waals surface area contributed by atoms with Gasteiger partial charge in [-0.25, -0.2) is 4.57 Å². The van der Waals surface area contributed by atoms with Crippen LogP contribution in [0.2, 0.25) is 0 Å². The molecule has 0 aromatic carbocycles. The lowest BCUT2D eigenvalue weighted by Crippen LogP contribution is -2.24. The molecule has 15 heavy (non-hydrogen) atoms. The van der Waals surface area contributed by atoms with Crippen molar-refractivity contribution in [2.24, 2.45) is 16.5 Å². The molecule has 0 aliphatic heterocycles. The van der Waals surface area contributed by atoms with Gasteiger partial charge in [-0.05, 0) is 12.8 Å². The maximum atomic E-state index is 10.7. The first-order valence-electron chi connectivity index (χ1n) is 4.23. The minimum atomic E-state index is -4.65.